The first-order valence-electron chi connectivity index (χ1n) is 4.70. The van der Waals surface area contributed by atoms with E-state index in [0.29, 0.717) is 12.8 Å². The molecule has 1 amide bonds. The zero-order chi connectivity index (χ0) is 11.4. The Balaban J connectivity index is 2.74. The second kappa shape index (κ2) is 4.97. The van der Waals surface area contributed by atoms with Gasteiger partial charge in [-0.3, -0.25) is 4.90 Å². The van der Waals surface area contributed by atoms with E-state index in [0.717, 1.165) is 0 Å². The number of ether oxygens (including phenoxy) is 2. The summed E-state index contributed by atoms with van der Waals surface area (Å²) in [6, 6.07) is -0.647. The zero-order valence-corrected chi connectivity index (χ0v) is 8.80. The van der Waals surface area contributed by atoms with Gasteiger partial charge >= 0.3 is 12.1 Å². The second-order valence-electron chi connectivity index (χ2n) is 3.39. The monoisotopic (exact) mass is 217 g/mol. The highest BCUT2D eigenvalue weighted by atomic mass is 16.5. The number of methoxy groups -OCH3 is 2. The maximum atomic E-state index is 11.4. The maximum Gasteiger partial charge on any atom is 0.410 e. The molecule has 0 saturated carbocycles. The van der Waals surface area contributed by atoms with Gasteiger partial charge in [0.1, 0.15) is 6.04 Å². The Hall–Kier alpha value is -1.30. The number of piperidine rings is 1. The van der Waals surface area contributed by atoms with E-state index < -0.39 is 24.2 Å². The Kier molecular flexibility index (Phi) is 3.90. The van der Waals surface area contributed by atoms with Gasteiger partial charge in [0.05, 0.1) is 26.9 Å². The molecule has 1 rings (SSSR count). The van der Waals surface area contributed by atoms with Gasteiger partial charge in [-0.25, -0.2) is 9.59 Å². The van der Waals surface area contributed by atoms with E-state index in [2.05, 4.69) is 9.47 Å². The van der Waals surface area contributed by atoms with Crippen molar-refractivity contribution in [3.8, 4) is 0 Å². The van der Waals surface area contributed by atoms with Crippen LogP contribution in [0.5, 0.6) is 0 Å². The van der Waals surface area contributed by atoms with Crippen LogP contribution in [0.4, 0.5) is 4.79 Å². The number of β-amino-alcohol motifs (C(OH)–C–C–N with tert-alkyl or cyclic N) is 1. The van der Waals surface area contributed by atoms with E-state index in [1.54, 1.807) is 0 Å². The number of nitrogens with zero attached hydrogens (tertiary/aromatic N) is 1. The van der Waals surface area contributed by atoms with Crippen LogP contribution in [0.2, 0.25) is 0 Å². The van der Waals surface area contributed by atoms with E-state index in [1.807, 2.05) is 0 Å². The smallest absolute Gasteiger partial charge is 0.410 e. The van der Waals surface area contributed by atoms with Gasteiger partial charge in [0.25, 0.3) is 0 Å². The van der Waals surface area contributed by atoms with Crippen LogP contribution < -0.4 is 0 Å². The average molecular weight is 217 g/mol. The van der Waals surface area contributed by atoms with Crippen molar-refractivity contribution in [3.63, 3.8) is 0 Å². The summed E-state index contributed by atoms with van der Waals surface area (Å²) in [5.74, 6) is -0.479. The second-order valence-corrected chi connectivity index (χ2v) is 3.39. The van der Waals surface area contributed by atoms with Gasteiger partial charge in [0.2, 0.25) is 0 Å². The Morgan fingerprint density at radius 3 is 2.47 bits per heavy atom. The topological polar surface area (TPSA) is 76.1 Å². The maximum absolute atomic E-state index is 11.4. The summed E-state index contributed by atoms with van der Waals surface area (Å²) in [4.78, 5) is 23.9. The summed E-state index contributed by atoms with van der Waals surface area (Å²) in [5.41, 5.74) is 0. The largest absolute Gasteiger partial charge is 0.467 e. The fourth-order valence-electron chi connectivity index (χ4n) is 1.65. The molecule has 2 atom stereocenters. The fourth-order valence-corrected chi connectivity index (χ4v) is 1.65. The van der Waals surface area contributed by atoms with Gasteiger partial charge in [-0.15, -0.1) is 0 Å². The number of aliphatic hydroxyl groups excluding tert-OH is 1. The van der Waals surface area contributed by atoms with Crippen molar-refractivity contribution >= 4 is 12.1 Å². The van der Waals surface area contributed by atoms with Gasteiger partial charge in [-0.1, -0.05) is 0 Å². The minimum absolute atomic E-state index is 0.104. The van der Waals surface area contributed by atoms with Crippen molar-refractivity contribution in [2.24, 2.45) is 0 Å². The minimum Gasteiger partial charge on any atom is -0.467 e. The van der Waals surface area contributed by atoms with Crippen LogP contribution in [-0.2, 0) is 14.3 Å². The normalized spacial score (nSPS) is 25.9. The lowest BCUT2D eigenvalue weighted by Crippen LogP contribution is -2.52. The molecule has 1 N–H and O–H groups in total. The molecule has 0 aromatic rings. The molecule has 15 heavy (non-hydrogen) atoms. The van der Waals surface area contributed by atoms with Crippen molar-refractivity contribution in [1.29, 1.82) is 0 Å². The van der Waals surface area contributed by atoms with Crippen LogP contribution in [0.1, 0.15) is 12.8 Å². The summed E-state index contributed by atoms with van der Waals surface area (Å²) >= 11 is 0. The number of aliphatic hydroxyl groups is 1. The molecule has 0 radical (unpaired) electrons. The fraction of sp³-hybridized carbons (Fsp3) is 0.778. The third-order valence-corrected chi connectivity index (χ3v) is 2.44. The van der Waals surface area contributed by atoms with Gasteiger partial charge in [-0.2, -0.15) is 0 Å². The lowest BCUT2D eigenvalue weighted by Gasteiger charge is -2.34. The molecule has 86 valence electrons. The molecule has 1 fully saturated rings. The van der Waals surface area contributed by atoms with Crippen molar-refractivity contribution < 1.29 is 24.2 Å². The molecule has 0 aromatic heterocycles. The molecule has 6 nitrogen and oxygen atoms in total. The molecular weight excluding hydrogens is 202 g/mol. The molecule has 1 aliphatic heterocycles. The lowest BCUT2D eigenvalue weighted by molar-refractivity contribution is -0.148. The molecule has 0 spiro atoms. The number of esters is 1. The zero-order valence-electron chi connectivity index (χ0n) is 8.80. The number of carbonyl (C=O) groups is 2. The van der Waals surface area contributed by atoms with Crippen LogP contribution in [0, 0.1) is 0 Å². The molecule has 0 unspecified atom stereocenters. The molecular formula is C9H15NO5. The van der Waals surface area contributed by atoms with E-state index in [1.165, 1.54) is 19.1 Å². The number of amides is 1. The number of hydrogen-bond acceptors (Lipinski definition) is 5. The Labute approximate surface area is 87.8 Å². The molecule has 1 aliphatic rings. The van der Waals surface area contributed by atoms with Crippen LogP contribution in [-0.4, -0.2) is 55.0 Å². The minimum atomic E-state index is -0.647. The highest BCUT2D eigenvalue weighted by Gasteiger charge is 2.36. The number of rotatable bonds is 1. The van der Waals surface area contributed by atoms with E-state index in [-0.39, 0.29) is 6.54 Å². The summed E-state index contributed by atoms with van der Waals surface area (Å²) < 4.78 is 9.11. The highest BCUT2D eigenvalue weighted by molar-refractivity contribution is 5.81. The van der Waals surface area contributed by atoms with Crippen molar-refractivity contribution in [1.82, 2.24) is 4.90 Å². The SMILES string of the molecule is COC(=O)[C@@H]1CC[C@H](O)CN1C(=O)OC. The molecule has 0 bridgehead atoms. The number of likely N-dealkylation sites (tertiary alicyclic amines) is 1. The van der Waals surface area contributed by atoms with Crippen molar-refractivity contribution in [2.45, 2.75) is 25.0 Å². The molecule has 1 heterocycles. The van der Waals surface area contributed by atoms with Gasteiger partial charge in [0.15, 0.2) is 0 Å². The predicted octanol–water partition coefficient (Wildman–Crippen LogP) is -0.249. The average Bonchev–Trinajstić information content (AvgIpc) is 2.26. The third kappa shape index (κ3) is 2.59. The summed E-state index contributed by atoms with van der Waals surface area (Å²) in [6.07, 6.45) is -0.356. The van der Waals surface area contributed by atoms with E-state index >= 15 is 0 Å². The van der Waals surface area contributed by atoms with Gasteiger partial charge in [-0.05, 0) is 12.8 Å². The van der Waals surface area contributed by atoms with Gasteiger partial charge < -0.3 is 14.6 Å². The molecule has 1 saturated heterocycles. The van der Waals surface area contributed by atoms with E-state index in [9.17, 15) is 14.7 Å². The molecule has 0 aliphatic carbocycles. The third-order valence-electron chi connectivity index (χ3n) is 2.44. The Morgan fingerprint density at radius 2 is 1.93 bits per heavy atom. The van der Waals surface area contributed by atoms with E-state index in [4.69, 9.17) is 0 Å². The molecule has 6 heteroatoms. The van der Waals surface area contributed by atoms with Crippen LogP contribution >= 0.6 is 0 Å². The van der Waals surface area contributed by atoms with Crippen LogP contribution in [0.15, 0.2) is 0 Å². The van der Waals surface area contributed by atoms with Crippen molar-refractivity contribution in [2.75, 3.05) is 20.8 Å². The van der Waals surface area contributed by atoms with Gasteiger partial charge in [0, 0.05) is 0 Å². The van der Waals surface area contributed by atoms with Crippen molar-refractivity contribution in [3.05, 3.63) is 0 Å². The predicted molar refractivity (Wildman–Crippen MR) is 50.2 cm³/mol. The lowest BCUT2D eigenvalue weighted by atomic mass is 10.0. The number of hydrogen-bond donors (Lipinski definition) is 1. The highest BCUT2D eigenvalue weighted by Crippen LogP contribution is 2.19. The summed E-state index contributed by atoms with van der Waals surface area (Å²) in [7, 11) is 2.50. The number of carbonyl (C=O) groups excluding carboxylic acids is 2. The standard InChI is InChI=1S/C9H15NO5/c1-14-8(12)7-4-3-6(11)5-10(7)9(13)15-2/h6-7,11H,3-5H2,1-2H3/t6-,7-/m0/s1. The summed E-state index contributed by atoms with van der Waals surface area (Å²) in [6.45, 7) is 0.104. The quantitative estimate of drug-likeness (QED) is 0.613. The Bertz CT molecular complexity index is 255. The summed E-state index contributed by atoms with van der Waals surface area (Å²) in [5, 5.41) is 9.39. The first kappa shape index (κ1) is 11.8. The molecule has 0 aromatic carbocycles. The van der Waals surface area contributed by atoms with Crippen LogP contribution in [0.25, 0.3) is 0 Å². The first-order chi connectivity index (χ1) is 7.10. The first-order valence-corrected chi connectivity index (χ1v) is 4.70. The van der Waals surface area contributed by atoms with Crippen LogP contribution in [0.3, 0.4) is 0 Å². The Morgan fingerprint density at radius 1 is 1.27 bits per heavy atom.